The van der Waals surface area contributed by atoms with E-state index in [0.717, 1.165) is 6.54 Å². The van der Waals surface area contributed by atoms with Gasteiger partial charge in [0.1, 0.15) is 0 Å². The molecule has 1 unspecified atom stereocenters. The fourth-order valence-corrected chi connectivity index (χ4v) is 4.92. The summed E-state index contributed by atoms with van der Waals surface area (Å²) in [6.07, 6.45) is 1.21. The zero-order valence-electron chi connectivity index (χ0n) is 10.6. The van der Waals surface area contributed by atoms with Gasteiger partial charge in [0, 0.05) is 0 Å². The molecule has 0 saturated carbocycles. The van der Waals surface area contributed by atoms with Crippen LogP contribution in [0.15, 0.2) is 0 Å². The smallest absolute Gasteiger partial charge is 0.283 e. The summed E-state index contributed by atoms with van der Waals surface area (Å²) in [5.41, 5.74) is 0.691. The molecule has 3 N–H and O–H groups in total. The number of rotatable bonds is 7. The number of hydrogen-bond donors (Lipinski definition) is 3. The van der Waals surface area contributed by atoms with Crippen molar-refractivity contribution in [2.75, 3.05) is 20.6 Å². The Kier molecular flexibility index (Phi) is 6.60. The molecule has 3 nitrogen and oxygen atoms in total. The fourth-order valence-electron chi connectivity index (χ4n) is 1.64. The molecule has 0 aromatic heterocycles. The van der Waals surface area contributed by atoms with Gasteiger partial charge in [0.05, 0.1) is 0 Å². The van der Waals surface area contributed by atoms with E-state index < -0.39 is 8.56 Å². The highest BCUT2D eigenvalue weighted by molar-refractivity contribution is 6.73. The molecule has 0 aliphatic rings. The van der Waals surface area contributed by atoms with Crippen LogP contribution in [0, 0.1) is 5.92 Å². The van der Waals surface area contributed by atoms with Gasteiger partial charge in [-0.25, -0.2) is 0 Å². The predicted octanol–water partition coefficient (Wildman–Crippen LogP) is 1.41. The van der Waals surface area contributed by atoms with Crippen LogP contribution in [0.3, 0.4) is 0 Å². The van der Waals surface area contributed by atoms with E-state index >= 15 is 0 Å². The maximum absolute atomic E-state index is 3.70. The molecule has 0 radical (unpaired) electrons. The number of nitrogens with one attached hydrogen (secondary N) is 3. The first kappa shape index (κ1) is 14.1. The summed E-state index contributed by atoms with van der Waals surface area (Å²) < 4.78 is 0. The van der Waals surface area contributed by atoms with E-state index in [1.165, 1.54) is 6.42 Å². The van der Waals surface area contributed by atoms with Crippen molar-refractivity contribution in [3.8, 4) is 0 Å². The van der Waals surface area contributed by atoms with Gasteiger partial charge in [-0.15, -0.1) is 0 Å². The molecule has 0 saturated heterocycles. The van der Waals surface area contributed by atoms with E-state index in [1.807, 2.05) is 0 Å². The molecule has 0 fully saturated rings. The second-order valence-electron chi connectivity index (χ2n) is 4.39. The lowest BCUT2D eigenvalue weighted by Gasteiger charge is -2.36. The largest absolute Gasteiger partial charge is 0.316 e. The van der Waals surface area contributed by atoms with Crippen molar-refractivity contribution in [1.29, 1.82) is 0 Å². The first-order valence-corrected chi connectivity index (χ1v) is 7.73. The van der Waals surface area contributed by atoms with Crippen LogP contribution >= 0.6 is 0 Å². The summed E-state index contributed by atoms with van der Waals surface area (Å²) in [5, 5.41) is 0. The lowest BCUT2D eigenvalue weighted by Crippen LogP contribution is -2.73. The first-order valence-electron chi connectivity index (χ1n) is 5.65. The standard InChI is InChI=1S/C10H27N3Si/c1-7-10(4)14(11-5,12-6)13-8-9(2)3/h9-13H,7-8H2,1-6H3. The quantitative estimate of drug-likeness (QED) is 0.564. The molecule has 14 heavy (non-hydrogen) atoms. The van der Waals surface area contributed by atoms with E-state index in [2.05, 4.69) is 56.7 Å². The molecule has 0 amide bonds. The van der Waals surface area contributed by atoms with Gasteiger partial charge < -0.3 is 14.9 Å². The minimum absolute atomic E-state index is 0.691. The van der Waals surface area contributed by atoms with Crippen molar-refractivity contribution in [3.63, 3.8) is 0 Å². The molecule has 0 heterocycles. The van der Waals surface area contributed by atoms with Crippen molar-refractivity contribution < 1.29 is 0 Å². The molecule has 0 aromatic carbocycles. The molecule has 1 atom stereocenters. The normalized spacial score (nSPS) is 14.8. The topological polar surface area (TPSA) is 36.1 Å². The summed E-state index contributed by atoms with van der Waals surface area (Å²) in [4.78, 5) is 10.7. The Balaban J connectivity index is 4.36. The SMILES string of the molecule is CCC(C)[Si](NC)(NC)NCC(C)C. The predicted molar refractivity (Wildman–Crippen MR) is 66.4 cm³/mol. The average Bonchev–Trinajstić information content (AvgIpc) is 2.19. The zero-order valence-corrected chi connectivity index (χ0v) is 11.6. The minimum Gasteiger partial charge on any atom is -0.316 e. The minimum atomic E-state index is -1.66. The third-order valence-electron chi connectivity index (χ3n) is 2.93. The lowest BCUT2D eigenvalue weighted by atomic mass is 10.2. The Morgan fingerprint density at radius 3 is 1.86 bits per heavy atom. The van der Waals surface area contributed by atoms with Gasteiger partial charge in [-0.2, -0.15) is 0 Å². The van der Waals surface area contributed by atoms with Crippen molar-refractivity contribution >= 4 is 8.56 Å². The Labute approximate surface area is 90.3 Å². The molecule has 0 rings (SSSR count). The summed E-state index contributed by atoms with van der Waals surface area (Å²) in [6.45, 7) is 10.1. The molecule has 0 spiro atoms. The van der Waals surface area contributed by atoms with E-state index in [1.54, 1.807) is 0 Å². The highest BCUT2D eigenvalue weighted by Crippen LogP contribution is 2.16. The zero-order chi connectivity index (χ0) is 11.2. The van der Waals surface area contributed by atoms with Gasteiger partial charge in [0.2, 0.25) is 0 Å². The first-order chi connectivity index (χ1) is 6.52. The van der Waals surface area contributed by atoms with Crippen LogP contribution in [-0.2, 0) is 0 Å². The Bertz CT molecular complexity index is 146. The molecule has 0 bridgehead atoms. The van der Waals surface area contributed by atoms with Gasteiger partial charge in [-0.3, -0.25) is 0 Å². The van der Waals surface area contributed by atoms with E-state index in [0.29, 0.717) is 11.5 Å². The van der Waals surface area contributed by atoms with Gasteiger partial charge >= 0.3 is 0 Å². The second-order valence-corrected chi connectivity index (χ2v) is 8.35. The maximum Gasteiger partial charge on any atom is 0.283 e. The molecule has 0 aliphatic carbocycles. The van der Waals surface area contributed by atoms with Crippen molar-refractivity contribution in [2.45, 2.75) is 39.7 Å². The van der Waals surface area contributed by atoms with E-state index in [4.69, 9.17) is 0 Å². The molecule has 4 heteroatoms. The summed E-state index contributed by atoms with van der Waals surface area (Å²) in [5.74, 6) is 0.702. The van der Waals surface area contributed by atoms with E-state index in [-0.39, 0.29) is 0 Å². The van der Waals surface area contributed by atoms with Crippen LogP contribution in [-0.4, -0.2) is 29.2 Å². The molecular formula is C10H27N3Si. The van der Waals surface area contributed by atoms with Gasteiger partial charge in [0.15, 0.2) is 0 Å². The summed E-state index contributed by atoms with van der Waals surface area (Å²) >= 11 is 0. The number of hydrogen-bond acceptors (Lipinski definition) is 3. The van der Waals surface area contributed by atoms with Crippen LogP contribution in [0.5, 0.6) is 0 Å². The summed E-state index contributed by atoms with van der Waals surface area (Å²) in [6, 6.07) is 0. The Hall–Kier alpha value is 0.0969. The average molecular weight is 217 g/mol. The third kappa shape index (κ3) is 3.69. The molecule has 86 valence electrons. The third-order valence-corrected chi connectivity index (χ3v) is 7.16. The van der Waals surface area contributed by atoms with Crippen LogP contribution in [0.4, 0.5) is 0 Å². The van der Waals surface area contributed by atoms with Crippen LogP contribution in [0.2, 0.25) is 5.54 Å². The van der Waals surface area contributed by atoms with Gasteiger partial charge in [0.25, 0.3) is 8.56 Å². The van der Waals surface area contributed by atoms with Crippen molar-refractivity contribution in [1.82, 2.24) is 14.9 Å². The van der Waals surface area contributed by atoms with E-state index in [9.17, 15) is 0 Å². The highest BCUT2D eigenvalue weighted by atomic mass is 28.4. The van der Waals surface area contributed by atoms with Crippen molar-refractivity contribution in [3.05, 3.63) is 0 Å². The van der Waals surface area contributed by atoms with Crippen LogP contribution in [0.1, 0.15) is 34.1 Å². The van der Waals surface area contributed by atoms with Gasteiger partial charge in [-0.1, -0.05) is 34.1 Å². The second kappa shape index (κ2) is 6.56. The van der Waals surface area contributed by atoms with Crippen molar-refractivity contribution in [2.24, 2.45) is 5.92 Å². The Morgan fingerprint density at radius 1 is 1.07 bits per heavy atom. The molecule has 0 aromatic rings. The van der Waals surface area contributed by atoms with Crippen LogP contribution in [0.25, 0.3) is 0 Å². The monoisotopic (exact) mass is 217 g/mol. The fraction of sp³-hybridized carbons (Fsp3) is 1.00. The maximum atomic E-state index is 3.70. The van der Waals surface area contributed by atoms with Gasteiger partial charge in [-0.05, 0) is 32.1 Å². The molecular weight excluding hydrogens is 190 g/mol. The highest BCUT2D eigenvalue weighted by Gasteiger charge is 2.36. The van der Waals surface area contributed by atoms with Crippen LogP contribution < -0.4 is 14.9 Å². The lowest BCUT2D eigenvalue weighted by molar-refractivity contribution is 0.596. The Morgan fingerprint density at radius 2 is 1.57 bits per heavy atom. The molecule has 0 aliphatic heterocycles. The summed E-state index contributed by atoms with van der Waals surface area (Å²) in [7, 11) is 2.46.